The fraction of sp³-hybridized carbons (Fsp3) is 0.562. The van der Waals surface area contributed by atoms with Gasteiger partial charge in [0.25, 0.3) is 0 Å². The Hall–Kier alpha value is -1.35. The maximum absolute atomic E-state index is 12.1. The third-order valence-electron chi connectivity index (χ3n) is 4.82. The highest BCUT2D eigenvalue weighted by Gasteiger charge is 2.56. The molecule has 3 heteroatoms. The Bertz CT molecular complexity index is 458. The molecule has 102 valence electrons. The van der Waals surface area contributed by atoms with Crippen molar-refractivity contribution in [1.29, 1.82) is 0 Å². The van der Waals surface area contributed by atoms with Crippen LogP contribution in [0.15, 0.2) is 24.3 Å². The van der Waals surface area contributed by atoms with Crippen LogP contribution in [-0.2, 0) is 4.79 Å². The van der Waals surface area contributed by atoms with Crippen molar-refractivity contribution >= 4 is 11.6 Å². The van der Waals surface area contributed by atoms with E-state index in [1.165, 1.54) is 24.8 Å². The van der Waals surface area contributed by atoms with Gasteiger partial charge in [-0.05, 0) is 56.3 Å². The standard InChI is InChI=1S/C16H22N2O/c1-10(17-2)11-6-8-12(9-7-11)18-16(19)15-13-4-3-5-14(13)15/h6-10,13-15,17H,3-5H2,1-2H3,(H,18,19). The molecule has 1 aromatic carbocycles. The second kappa shape index (κ2) is 4.97. The van der Waals surface area contributed by atoms with Crippen LogP contribution < -0.4 is 10.6 Å². The van der Waals surface area contributed by atoms with Crippen LogP contribution in [-0.4, -0.2) is 13.0 Å². The molecule has 1 amide bonds. The molecule has 1 aromatic rings. The fourth-order valence-corrected chi connectivity index (χ4v) is 3.46. The van der Waals surface area contributed by atoms with Gasteiger partial charge in [-0.2, -0.15) is 0 Å². The van der Waals surface area contributed by atoms with Crippen LogP contribution in [0.5, 0.6) is 0 Å². The maximum Gasteiger partial charge on any atom is 0.228 e. The van der Waals surface area contributed by atoms with Gasteiger partial charge in [-0.15, -0.1) is 0 Å². The zero-order chi connectivity index (χ0) is 13.4. The van der Waals surface area contributed by atoms with Crippen molar-refractivity contribution in [1.82, 2.24) is 5.32 Å². The van der Waals surface area contributed by atoms with Gasteiger partial charge in [-0.3, -0.25) is 4.79 Å². The summed E-state index contributed by atoms with van der Waals surface area (Å²) in [6.07, 6.45) is 3.82. The van der Waals surface area contributed by atoms with Gasteiger partial charge in [0.15, 0.2) is 0 Å². The first kappa shape index (κ1) is 12.7. The number of hydrogen-bond donors (Lipinski definition) is 2. The van der Waals surface area contributed by atoms with Crippen LogP contribution in [0.3, 0.4) is 0 Å². The summed E-state index contributed by atoms with van der Waals surface area (Å²) in [6, 6.07) is 8.49. The Labute approximate surface area is 114 Å². The smallest absolute Gasteiger partial charge is 0.228 e. The molecule has 0 saturated heterocycles. The van der Waals surface area contributed by atoms with Crippen LogP contribution >= 0.6 is 0 Å². The number of amides is 1. The molecule has 19 heavy (non-hydrogen) atoms. The lowest BCUT2D eigenvalue weighted by atomic mass is 10.1. The summed E-state index contributed by atoms with van der Waals surface area (Å²) in [5, 5.41) is 6.27. The summed E-state index contributed by atoms with van der Waals surface area (Å²) in [7, 11) is 1.95. The third kappa shape index (κ3) is 2.39. The molecule has 0 aliphatic heterocycles. The van der Waals surface area contributed by atoms with Crippen molar-refractivity contribution in [3.05, 3.63) is 29.8 Å². The number of hydrogen-bond acceptors (Lipinski definition) is 2. The largest absolute Gasteiger partial charge is 0.326 e. The van der Waals surface area contributed by atoms with Gasteiger partial charge in [0, 0.05) is 17.6 Å². The average molecular weight is 258 g/mol. The minimum absolute atomic E-state index is 0.226. The monoisotopic (exact) mass is 258 g/mol. The topological polar surface area (TPSA) is 41.1 Å². The van der Waals surface area contributed by atoms with Gasteiger partial charge in [0.2, 0.25) is 5.91 Å². The molecule has 3 atom stereocenters. The minimum Gasteiger partial charge on any atom is -0.326 e. The number of fused-ring (bicyclic) bond motifs is 1. The molecule has 2 saturated carbocycles. The second-order valence-electron chi connectivity index (χ2n) is 5.91. The molecule has 0 bridgehead atoms. The van der Waals surface area contributed by atoms with Crippen molar-refractivity contribution in [2.24, 2.45) is 17.8 Å². The Balaban J connectivity index is 1.59. The van der Waals surface area contributed by atoms with E-state index in [1.54, 1.807) is 0 Å². The quantitative estimate of drug-likeness (QED) is 0.871. The van der Waals surface area contributed by atoms with Gasteiger partial charge >= 0.3 is 0 Å². The molecule has 3 nitrogen and oxygen atoms in total. The van der Waals surface area contributed by atoms with Crippen LogP contribution in [0.2, 0.25) is 0 Å². The van der Waals surface area contributed by atoms with E-state index in [9.17, 15) is 4.79 Å². The van der Waals surface area contributed by atoms with Gasteiger partial charge in [0.05, 0.1) is 0 Å². The first-order valence-electron chi connectivity index (χ1n) is 7.29. The van der Waals surface area contributed by atoms with E-state index in [0.717, 1.165) is 5.69 Å². The lowest BCUT2D eigenvalue weighted by Crippen LogP contribution is -2.17. The normalized spacial score (nSPS) is 29.7. The zero-order valence-corrected chi connectivity index (χ0v) is 11.6. The predicted octanol–water partition coefficient (Wildman–Crippen LogP) is 2.95. The summed E-state index contributed by atoms with van der Waals surface area (Å²) < 4.78 is 0. The summed E-state index contributed by atoms with van der Waals surface area (Å²) in [4.78, 5) is 12.1. The summed E-state index contributed by atoms with van der Waals surface area (Å²) in [6.45, 7) is 2.12. The van der Waals surface area contributed by atoms with Crippen LogP contribution in [0.4, 0.5) is 5.69 Å². The van der Waals surface area contributed by atoms with E-state index in [0.29, 0.717) is 23.8 Å². The summed E-state index contributed by atoms with van der Waals surface area (Å²) in [5.41, 5.74) is 2.16. The Morgan fingerprint density at radius 2 is 1.84 bits per heavy atom. The molecule has 0 spiro atoms. The maximum atomic E-state index is 12.1. The van der Waals surface area contributed by atoms with Crippen molar-refractivity contribution < 1.29 is 4.79 Å². The molecule has 0 heterocycles. The molecule has 3 rings (SSSR count). The van der Waals surface area contributed by atoms with E-state index < -0.39 is 0 Å². The zero-order valence-electron chi connectivity index (χ0n) is 11.6. The summed E-state index contributed by atoms with van der Waals surface area (Å²) >= 11 is 0. The van der Waals surface area contributed by atoms with Gasteiger partial charge in [-0.1, -0.05) is 18.6 Å². The van der Waals surface area contributed by atoms with E-state index in [1.807, 2.05) is 19.2 Å². The molecule has 3 unspecified atom stereocenters. The van der Waals surface area contributed by atoms with Crippen molar-refractivity contribution in [2.75, 3.05) is 12.4 Å². The average Bonchev–Trinajstić information content (AvgIpc) is 2.92. The van der Waals surface area contributed by atoms with Crippen LogP contribution in [0, 0.1) is 17.8 Å². The van der Waals surface area contributed by atoms with E-state index in [2.05, 4.69) is 29.7 Å². The number of nitrogens with one attached hydrogen (secondary N) is 2. The Kier molecular flexibility index (Phi) is 3.31. The highest BCUT2D eigenvalue weighted by atomic mass is 16.2. The molecule has 0 aromatic heterocycles. The highest BCUT2D eigenvalue weighted by molar-refractivity contribution is 5.95. The van der Waals surface area contributed by atoms with Gasteiger partial charge in [0.1, 0.15) is 0 Å². The Morgan fingerprint density at radius 1 is 1.21 bits per heavy atom. The minimum atomic E-state index is 0.226. The fourth-order valence-electron chi connectivity index (χ4n) is 3.46. The van der Waals surface area contributed by atoms with Crippen molar-refractivity contribution in [3.63, 3.8) is 0 Å². The van der Waals surface area contributed by atoms with Crippen LogP contribution in [0.1, 0.15) is 37.8 Å². The molecule has 2 fully saturated rings. The highest BCUT2D eigenvalue weighted by Crippen LogP contribution is 2.57. The number of benzene rings is 1. The van der Waals surface area contributed by atoms with E-state index in [4.69, 9.17) is 0 Å². The molecule has 2 aliphatic carbocycles. The second-order valence-corrected chi connectivity index (χ2v) is 5.91. The lowest BCUT2D eigenvalue weighted by molar-refractivity contribution is -0.118. The van der Waals surface area contributed by atoms with Gasteiger partial charge < -0.3 is 10.6 Å². The van der Waals surface area contributed by atoms with Crippen molar-refractivity contribution in [3.8, 4) is 0 Å². The van der Waals surface area contributed by atoms with Crippen molar-refractivity contribution in [2.45, 2.75) is 32.2 Å². The first-order valence-corrected chi connectivity index (χ1v) is 7.29. The van der Waals surface area contributed by atoms with E-state index in [-0.39, 0.29) is 5.91 Å². The number of anilines is 1. The molecule has 0 radical (unpaired) electrons. The SMILES string of the molecule is CNC(C)c1ccc(NC(=O)C2C3CCCC32)cc1. The predicted molar refractivity (Wildman–Crippen MR) is 76.9 cm³/mol. The number of carbonyl (C=O) groups excluding carboxylic acids is 1. The lowest BCUT2D eigenvalue weighted by Gasteiger charge is -2.12. The first-order chi connectivity index (χ1) is 9.20. The number of carbonyl (C=O) groups is 1. The number of rotatable bonds is 4. The molecule has 2 N–H and O–H groups in total. The van der Waals surface area contributed by atoms with Crippen LogP contribution in [0.25, 0.3) is 0 Å². The Morgan fingerprint density at radius 3 is 2.42 bits per heavy atom. The third-order valence-corrected chi connectivity index (χ3v) is 4.82. The molecular formula is C16H22N2O. The van der Waals surface area contributed by atoms with E-state index >= 15 is 0 Å². The molecular weight excluding hydrogens is 236 g/mol. The molecule has 2 aliphatic rings. The van der Waals surface area contributed by atoms with Gasteiger partial charge in [-0.25, -0.2) is 0 Å². The summed E-state index contributed by atoms with van der Waals surface area (Å²) in [5.74, 6) is 1.89.